The molecule has 3 aromatic rings. The molecule has 25 heavy (non-hydrogen) atoms. The van der Waals surface area contributed by atoms with Crippen LogP contribution in [-0.2, 0) is 0 Å². The highest BCUT2D eigenvalue weighted by atomic mass is 16.6. The minimum Gasteiger partial charge on any atom is -0.507 e. The van der Waals surface area contributed by atoms with E-state index in [-0.39, 0.29) is 17.1 Å². The number of hydrogen-bond donors (Lipinski definition) is 3. The number of para-hydroxylation sites is 2. The summed E-state index contributed by atoms with van der Waals surface area (Å²) in [6.07, 6.45) is 1.31. The molecule has 0 unspecified atom stereocenters. The van der Waals surface area contributed by atoms with Gasteiger partial charge in [-0.25, -0.2) is 5.43 Å². The number of nitro groups is 1. The fourth-order valence-corrected chi connectivity index (χ4v) is 2.53. The number of carbonyl (C=O) groups is 1. The quantitative estimate of drug-likeness (QED) is 0.385. The van der Waals surface area contributed by atoms with Crippen LogP contribution in [0.3, 0.4) is 0 Å². The number of phenolic OH excluding ortho intramolecular Hbond substituents is 1. The number of rotatable bonds is 4. The summed E-state index contributed by atoms with van der Waals surface area (Å²) in [5, 5.41) is 25.2. The third-order valence-electron chi connectivity index (χ3n) is 3.80. The second kappa shape index (κ2) is 6.44. The maximum Gasteiger partial charge on any atom is 0.293 e. The van der Waals surface area contributed by atoms with Crippen LogP contribution in [0.25, 0.3) is 10.9 Å². The lowest BCUT2D eigenvalue weighted by Crippen LogP contribution is -2.19. The van der Waals surface area contributed by atoms with E-state index in [0.29, 0.717) is 22.0 Å². The van der Waals surface area contributed by atoms with Crippen molar-refractivity contribution in [3.8, 4) is 5.75 Å². The van der Waals surface area contributed by atoms with Crippen LogP contribution in [0.1, 0.15) is 21.6 Å². The first kappa shape index (κ1) is 16.2. The Labute approximate surface area is 141 Å². The number of nitrogens with zero attached hydrogens (tertiary/aromatic N) is 2. The average molecular weight is 338 g/mol. The SMILES string of the molecule is Cc1c(C(=O)NN=Cc2ccccc2O)[nH]c2c([N+](=O)[O-])cccc12. The standard InChI is InChI=1S/C17H14N4O4/c1-10-12-6-4-7-13(21(24)25)16(12)19-15(10)17(23)20-18-9-11-5-2-3-8-14(11)22/h2-9,19,22H,1H3,(H,20,23). The summed E-state index contributed by atoms with van der Waals surface area (Å²) < 4.78 is 0. The van der Waals surface area contributed by atoms with Crippen LogP contribution in [0.5, 0.6) is 5.75 Å². The number of fused-ring (bicyclic) bond motifs is 1. The smallest absolute Gasteiger partial charge is 0.293 e. The Kier molecular flexibility index (Phi) is 4.17. The predicted molar refractivity (Wildman–Crippen MR) is 92.9 cm³/mol. The molecule has 2 aromatic carbocycles. The predicted octanol–water partition coefficient (Wildman–Crippen LogP) is 2.85. The third kappa shape index (κ3) is 3.05. The second-order valence-corrected chi connectivity index (χ2v) is 5.34. The number of aryl methyl sites for hydroxylation is 1. The number of nitrogens with one attached hydrogen (secondary N) is 2. The van der Waals surface area contributed by atoms with Gasteiger partial charge in [-0.1, -0.05) is 24.3 Å². The zero-order valence-corrected chi connectivity index (χ0v) is 13.2. The van der Waals surface area contributed by atoms with Gasteiger partial charge in [-0.3, -0.25) is 14.9 Å². The number of aromatic hydroxyl groups is 1. The largest absolute Gasteiger partial charge is 0.507 e. The van der Waals surface area contributed by atoms with Crippen LogP contribution >= 0.6 is 0 Å². The summed E-state index contributed by atoms with van der Waals surface area (Å²) in [4.78, 5) is 25.7. The van der Waals surface area contributed by atoms with Crippen LogP contribution in [-0.4, -0.2) is 27.1 Å². The van der Waals surface area contributed by atoms with Crippen LogP contribution in [0.2, 0.25) is 0 Å². The van der Waals surface area contributed by atoms with Crippen molar-refractivity contribution in [3.63, 3.8) is 0 Å². The molecule has 0 saturated heterocycles. The van der Waals surface area contributed by atoms with Gasteiger partial charge in [0.2, 0.25) is 0 Å². The van der Waals surface area contributed by atoms with E-state index in [9.17, 15) is 20.0 Å². The van der Waals surface area contributed by atoms with Crippen molar-refractivity contribution in [2.75, 3.05) is 0 Å². The molecule has 0 aliphatic rings. The molecule has 3 N–H and O–H groups in total. The molecule has 8 heteroatoms. The van der Waals surface area contributed by atoms with Gasteiger partial charge in [0.15, 0.2) is 0 Å². The van der Waals surface area contributed by atoms with Gasteiger partial charge in [-0.2, -0.15) is 5.10 Å². The zero-order chi connectivity index (χ0) is 18.0. The van der Waals surface area contributed by atoms with E-state index in [1.165, 1.54) is 18.3 Å². The fraction of sp³-hybridized carbons (Fsp3) is 0.0588. The van der Waals surface area contributed by atoms with Crippen molar-refractivity contribution in [1.29, 1.82) is 0 Å². The second-order valence-electron chi connectivity index (χ2n) is 5.34. The lowest BCUT2D eigenvalue weighted by molar-refractivity contribution is -0.383. The molecular formula is C17H14N4O4. The van der Waals surface area contributed by atoms with E-state index < -0.39 is 10.8 Å². The number of non-ortho nitro benzene ring substituents is 1. The Morgan fingerprint density at radius 2 is 2.04 bits per heavy atom. The minimum atomic E-state index is -0.533. The number of hydrogen-bond acceptors (Lipinski definition) is 5. The molecule has 0 saturated carbocycles. The molecule has 0 aliphatic carbocycles. The molecule has 3 rings (SSSR count). The lowest BCUT2D eigenvalue weighted by atomic mass is 10.1. The molecule has 0 bridgehead atoms. The highest BCUT2D eigenvalue weighted by molar-refractivity contribution is 6.03. The number of amides is 1. The molecule has 8 nitrogen and oxygen atoms in total. The van der Waals surface area contributed by atoms with Gasteiger partial charge < -0.3 is 10.1 Å². The van der Waals surface area contributed by atoms with Gasteiger partial charge in [-0.15, -0.1) is 0 Å². The highest BCUT2D eigenvalue weighted by Crippen LogP contribution is 2.29. The molecule has 0 aliphatic heterocycles. The summed E-state index contributed by atoms with van der Waals surface area (Å²) in [6.45, 7) is 1.70. The zero-order valence-electron chi connectivity index (χ0n) is 13.2. The number of hydrazone groups is 1. The monoisotopic (exact) mass is 338 g/mol. The first-order valence-electron chi connectivity index (χ1n) is 7.36. The third-order valence-corrected chi connectivity index (χ3v) is 3.80. The first-order chi connectivity index (χ1) is 12.0. The van der Waals surface area contributed by atoms with Crippen molar-refractivity contribution in [2.24, 2.45) is 5.10 Å². The van der Waals surface area contributed by atoms with E-state index >= 15 is 0 Å². The van der Waals surface area contributed by atoms with Crippen molar-refractivity contribution >= 4 is 28.7 Å². The number of carbonyl (C=O) groups excluding carboxylic acids is 1. The Bertz CT molecular complexity index is 1010. The van der Waals surface area contributed by atoms with Crippen molar-refractivity contribution < 1.29 is 14.8 Å². The number of benzene rings is 2. The van der Waals surface area contributed by atoms with E-state index in [2.05, 4.69) is 15.5 Å². The van der Waals surface area contributed by atoms with E-state index in [0.717, 1.165) is 0 Å². The first-order valence-corrected chi connectivity index (χ1v) is 7.36. The number of aromatic nitrogens is 1. The van der Waals surface area contributed by atoms with E-state index in [4.69, 9.17) is 0 Å². The molecular weight excluding hydrogens is 324 g/mol. The Hall–Kier alpha value is -3.68. The van der Waals surface area contributed by atoms with Gasteiger partial charge in [0.05, 0.1) is 11.1 Å². The van der Waals surface area contributed by atoms with Crippen LogP contribution in [0, 0.1) is 17.0 Å². The normalized spacial score (nSPS) is 11.1. The number of H-pyrrole nitrogens is 1. The molecule has 1 aromatic heterocycles. The summed E-state index contributed by atoms with van der Waals surface area (Å²) in [7, 11) is 0. The van der Waals surface area contributed by atoms with E-state index in [1.807, 2.05) is 0 Å². The summed E-state index contributed by atoms with van der Waals surface area (Å²) in [6, 6.07) is 11.2. The molecule has 0 radical (unpaired) electrons. The maximum atomic E-state index is 12.3. The molecule has 1 heterocycles. The van der Waals surface area contributed by atoms with Gasteiger partial charge >= 0.3 is 0 Å². The van der Waals surface area contributed by atoms with Gasteiger partial charge in [0.25, 0.3) is 11.6 Å². The molecule has 126 valence electrons. The number of aromatic amines is 1. The van der Waals surface area contributed by atoms with E-state index in [1.54, 1.807) is 37.3 Å². The average Bonchev–Trinajstić information content (AvgIpc) is 2.93. The number of nitro benzene ring substituents is 1. The highest BCUT2D eigenvalue weighted by Gasteiger charge is 2.20. The Morgan fingerprint density at radius 1 is 1.28 bits per heavy atom. The van der Waals surface area contributed by atoms with Crippen molar-refractivity contribution in [1.82, 2.24) is 10.4 Å². The fourth-order valence-electron chi connectivity index (χ4n) is 2.53. The molecule has 0 fully saturated rings. The van der Waals surface area contributed by atoms with Crippen molar-refractivity contribution in [3.05, 3.63) is 69.4 Å². The van der Waals surface area contributed by atoms with Crippen LogP contribution in [0.15, 0.2) is 47.6 Å². The molecule has 0 atom stereocenters. The van der Waals surface area contributed by atoms with Gasteiger partial charge in [0.1, 0.15) is 17.0 Å². The minimum absolute atomic E-state index is 0.0397. The van der Waals surface area contributed by atoms with Crippen LogP contribution < -0.4 is 5.43 Å². The topological polar surface area (TPSA) is 121 Å². The maximum absolute atomic E-state index is 12.3. The van der Waals surface area contributed by atoms with Gasteiger partial charge in [0, 0.05) is 17.0 Å². The van der Waals surface area contributed by atoms with Crippen LogP contribution in [0.4, 0.5) is 5.69 Å². The summed E-state index contributed by atoms with van der Waals surface area (Å²) >= 11 is 0. The van der Waals surface area contributed by atoms with Crippen molar-refractivity contribution in [2.45, 2.75) is 6.92 Å². The summed E-state index contributed by atoms with van der Waals surface area (Å²) in [5.74, 6) is -0.493. The lowest BCUT2D eigenvalue weighted by Gasteiger charge is -1.99. The number of phenols is 1. The Morgan fingerprint density at radius 3 is 2.76 bits per heavy atom. The molecule has 0 spiro atoms. The molecule has 1 amide bonds. The summed E-state index contributed by atoms with van der Waals surface area (Å²) in [5.41, 5.74) is 3.77. The van der Waals surface area contributed by atoms with Gasteiger partial charge in [-0.05, 0) is 24.6 Å². The Balaban J connectivity index is 1.88.